The van der Waals surface area contributed by atoms with Crippen molar-refractivity contribution >= 4 is 11.8 Å². The van der Waals surface area contributed by atoms with Crippen molar-refractivity contribution in [1.82, 2.24) is 10.9 Å². The van der Waals surface area contributed by atoms with Gasteiger partial charge in [0, 0.05) is 5.56 Å². The number of hydrogen-bond donors (Lipinski definition) is 2. The molecular weight excluding hydrogens is 365 g/mol. The van der Waals surface area contributed by atoms with Crippen molar-refractivity contribution in [3.05, 3.63) is 59.7 Å². The summed E-state index contributed by atoms with van der Waals surface area (Å²) < 4.78 is 48.1. The number of ether oxygens (including phenoxy) is 2. The Morgan fingerprint density at radius 3 is 2.30 bits per heavy atom. The van der Waals surface area contributed by atoms with Crippen LogP contribution in [0.15, 0.2) is 48.5 Å². The van der Waals surface area contributed by atoms with Crippen molar-refractivity contribution in [1.29, 1.82) is 0 Å². The van der Waals surface area contributed by atoms with Crippen molar-refractivity contribution in [2.45, 2.75) is 13.1 Å². The molecule has 0 saturated carbocycles. The van der Waals surface area contributed by atoms with Crippen LogP contribution >= 0.6 is 0 Å². The van der Waals surface area contributed by atoms with Gasteiger partial charge in [-0.3, -0.25) is 20.4 Å². The van der Waals surface area contributed by atoms with Gasteiger partial charge in [-0.25, -0.2) is 0 Å². The van der Waals surface area contributed by atoms with Gasteiger partial charge in [-0.05, 0) is 49.4 Å². The smallest absolute Gasteiger partial charge is 0.416 e. The molecule has 0 aliphatic rings. The lowest BCUT2D eigenvalue weighted by Crippen LogP contribution is -2.43. The molecule has 9 heteroatoms. The summed E-state index contributed by atoms with van der Waals surface area (Å²) in [5.74, 6) is -0.803. The summed E-state index contributed by atoms with van der Waals surface area (Å²) >= 11 is 0. The summed E-state index contributed by atoms with van der Waals surface area (Å²) in [6.45, 7) is 1.76. The predicted octanol–water partition coefficient (Wildman–Crippen LogP) is 2.94. The minimum Gasteiger partial charge on any atom is -0.494 e. The average Bonchev–Trinajstić information content (AvgIpc) is 2.65. The zero-order valence-electron chi connectivity index (χ0n) is 14.3. The van der Waals surface area contributed by atoms with Gasteiger partial charge in [0.25, 0.3) is 11.8 Å². The van der Waals surface area contributed by atoms with E-state index in [1.165, 1.54) is 24.3 Å². The SMILES string of the molecule is CCOc1ccc(C(=O)NNC(=O)COc2cccc(C(F)(F)F)c2)cc1. The molecule has 0 spiro atoms. The number of amides is 2. The summed E-state index contributed by atoms with van der Waals surface area (Å²) in [6.07, 6.45) is -4.51. The van der Waals surface area contributed by atoms with E-state index >= 15 is 0 Å². The van der Waals surface area contributed by atoms with Crippen molar-refractivity contribution < 1.29 is 32.2 Å². The molecule has 0 heterocycles. The number of alkyl halides is 3. The molecule has 2 aromatic rings. The van der Waals surface area contributed by atoms with E-state index in [1.54, 1.807) is 12.1 Å². The molecule has 0 unspecified atom stereocenters. The van der Waals surface area contributed by atoms with Crippen LogP contribution in [-0.2, 0) is 11.0 Å². The van der Waals surface area contributed by atoms with Gasteiger partial charge in [0.15, 0.2) is 6.61 Å². The van der Waals surface area contributed by atoms with Crippen LogP contribution in [0, 0.1) is 0 Å². The summed E-state index contributed by atoms with van der Waals surface area (Å²) in [5.41, 5.74) is 3.71. The number of rotatable bonds is 6. The standard InChI is InChI=1S/C18H17F3N2O4/c1-2-26-14-8-6-12(7-9-14)17(25)23-22-16(24)11-27-15-5-3-4-13(10-15)18(19,20)21/h3-10H,2,11H2,1H3,(H,22,24)(H,23,25). The molecule has 0 fully saturated rings. The molecule has 2 aromatic carbocycles. The Kier molecular flexibility index (Phi) is 6.64. The van der Waals surface area contributed by atoms with E-state index in [-0.39, 0.29) is 11.3 Å². The maximum Gasteiger partial charge on any atom is 0.416 e. The topological polar surface area (TPSA) is 76.7 Å². The summed E-state index contributed by atoms with van der Waals surface area (Å²) in [4.78, 5) is 23.6. The molecule has 27 heavy (non-hydrogen) atoms. The number of hydrogen-bond acceptors (Lipinski definition) is 4. The van der Waals surface area contributed by atoms with Crippen LogP contribution in [0.5, 0.6) is 11.5 Å². The molecule has 0 saturated heterocycles. The van der Waals surface area contributed by atoms with Crippen molar-refractivity contribution in [3.63, 3.8) is 0 Å². The van der Waals surface area contributed by atoms with Gasteiger partial charge in [0.05, 0.1) is 12.2 Å². The van der Waals surface area contributed by atoms with Crippen molar-refractivity contribution in [3.8, 4) is 11.5 Å². The zero-order valence-corrected chi connectivity index (χ0v) is 14.3. The molecule has 0 radical (unpaired) electrons. The Labute approximate surface area is 153 Å². The maximum absolute atomic E-state index is 12.6. The molecule has 0 aliphatic carbocycles. The first-order valence-corrected chi connectivity index (χ1v) is 7.91. The average molecular weight is 382 g/mol. The van der Waals surface area contributed by atoms with Crippen LogP contribution in [0.3, 0.4) is 0 Å². The van der Waals surface area contributed by atoms with Gasteiger partial charge in [0.1, 0.15) is 11.5 Å². The monoisotopic (exact) mass is 382 g/mol. The van der Waals surface area contributed by atoms with Crippen molar-refractivity contribution in [2.75, 3.05) is 13.2 Å². The third-order valence-corrected chi connectivity index (χ3v) is 3.27. The van der Waals surface area contributed by atoms with E-state index in [2.05, 4.69) is 10.9 Å². The quantitative estimate of drug-likeness (QED) is 0.754. The highest BCUT2D eigenvalue weighted by Crippen LogP contribution is 2.31. The molecule has 2 N–H and O–H groups in total. The fourth-order valence-electron chi connectivity index (χ4n) is 2.02. The zero-order chi connectivity index (χ0) is 19.9. The Morgan fingerprint density at radius 2 is 1.67 bits per heavy atom. The number of carbonyl (C=O) groups is 2. The van der Waals surface area contributed by atoms with Crippen LogP contribution in [0.2, 0.25) is 0 Å². The van der Waals surface area contributed by atoms with E-state index in [0.717, 1.165) is 12.1 Å². The second-order valence-electron chi connectivity index (χ2n) is 5.27. The molecule has 2 amide bonds. The minimum atomic E-state index is -4.51. The predicted molar refractivity (Wildman–Crippen MR) is 90.2 cm³/mol. The van der Waals surface area contributed by atoms with Crippen LogP contribution in [0.25, 0.3) is 0 Å². The number of halogens is 3. The van der Waals surface area contributed by atoms with E-state index in [0.29, 0.717) is 12.4 Å². The fourth-order valence-corrected chi connectivity index (χ4v) is 2.02. The van der Waals surface area contributed by atoms with Crippen LogP contribution in [0.1, 0.15) is 22.8 Å². The number of benzene rings is 2. The van der Waals surface area contributed by atoms with E-state index in [4.69, 9.17) is 9.47 Å². The largest absolute Gasteiger partial charge is 0.494 e. The molecule has 6 nitrogen and oxygen atoms in total. The minimum absolute atomic E-state index is 0.113. The second-order valence-corrected chi connectivity index (χ2v) is 5.27. The summed E-state index contributed by atoms with van der Waals surface area (Å²) in [5, 5.41) is 0. The summed E-state index contributed by atoms with van der Waals surface area (Å²) in [7, 11) is 0. The second kappa shape index (κ2) is 8.93. The Hall–Kier alpha value is -3.23. The first-order valence-electron chi connectivity index (χ1n) is 7.91. The highest BCUT2D eigenvalue weighted by Gasteiger charge is 2.30. The third-order valence-electron chi connectivity index (χ3n) is 3.27. The van der Waals surface area contributed by atoms with Gasteiger partial charge in [-0.15, -0.1) is 0 Å². The van der Waals surface area contributed by atoms with Crippen molar-refractivity contribution in [2.24, 2.45) is 0 Å². The highest BCUT2D eigenvalue weighted by molar-refractivity contribution is 5.95. The molecule has 0 aromatic heterocycles. The normalized spacial score (nSPS) is 10.8. The number of carbonyl (C=O) groups excluding carboxylic acids is 2. The van der Waals surface area contributed by atoms with Gasteiger partial charge < -0.3 is 9.47 Å². The molecule has 0 bridgehead atoms. The first kappa shape index (κ1) is 20.1. The lowest BCUT2D eigenvalue weighted by atomic mass is 10.2. The maximum atomic E-state index is 12.6. The van der Waals surface area contributed by atoms with E-state index in [1.807, 2.05) is 6.92 Å². The van der Waals surface area contributed by atoms with Gasteiger partial charge >= 0.3 is 6.18 Å². The third kappa shape index (κ3) is 6.21. The highest BCUT2D eigenvalue weighted by atomic mass is 19.4. The summed E-state index contributed by atoms with van der Waals surface area (Å²) in [6, 6.07) is 10.4. The van der Waals surface area contributed by atoms with Gasteiger partial charge in [-0.1, -0.05) is 6.07 Å². The van der Waals surface area contributed by atoms with E-state index < -0.39 is 30.2 Å². The Morgan fingerprint density at radius 1 is 0.963 bits per heavy atom. The Balaban J connectivity index is 1.81. The number of nitrogens with one attached hydrogen (secondary N) is 2. The van der Waals surface area contributed by atoms with Gasteiger partial charge in [-0.2, -0.15) is 13.2 Å². The molecule has 144 valence electrons. The molecular formula is C18H17F3N2O4. The van der Waals surface area contributed by atoms with Crippen LogP contribution < -0.4 is 20.3 Å². The molecule has 2 rings (SSSR count). The fraction of sp³-hybridized carbons (Fsp3) is 0.222. The first-order chi connectivity index (χ1) is 12.8. The molecule has 0 aliphatic heterocycles. The lowest BCUT2D eigenvalue weighted by molar-refractivity contribution is -0.137. The molecule has 0 atom stereocenters. The van der Waals surface area contributed by atoms with Crippen LogP contribution in [-0.4, -0.2) is 25.0 Å². The Bertz CT molecular complexity index is 792. The van der Waals surface area contributed by atoms with E-state index in [9.17, 15) is 22.8 Å². The van der Waals surface area contributed by atoms with Crippen LogP contribution in [0.4, 0.5) is 13.2 Å². The van der Waals surface area contributed by atoms with Gasteiger partial charge in [0.2, 0.25) is 0 Å². The number of hydrazine groups is 1. The lowest BCUT2D eigenvalue weighted by Gasteiger charge is -2.11.